The van der Waals surface area contributed by atoms with Gasteiger partial charge in [-0.15, -0.1) is 0 Å². The van der Waals surface area contributed by atoms with Gasteiger partial charge in [-0.2, -0.15) is 0 Å². The van der Waals surface area contributed by atoms with Crippen LogP contribution in [0.15, 0.2) is 54.6 Å². The van der Waals surface area contributed by atoms with Gasteiger partial charge in [0.1, 0.15) is 19.0 Å². The van der Waals surface area contributed by atoms with E-state index in [1.807, 2.05) is 70.2 Å². The Labute approximate surface area is 299 Å². The summed E-state index contributed by atoms with van der Waals surface area (Å²) in [6.07, 6.45) is 2.22. The quantitative estimate of drug-likeness (QED) is 0.191. The summed E-state index contributed by atoms with van der Waals surface area (Å²) in [6, 6.07) is 15.3. The number of carbonyl (C=O) groups excluding carboxylic acids is 3. The second-order valence-corrected chi connectivity index (χ2v) is 8.84. The number of hydrogen-bond donors (Lipinski definition) is 2. The fraction of sp³-hybridized carbons (Fsp3) is 0.531. The molecule has 43 heavy (non-hydrogen) atoms. The summed E-state index contributed by atoms with van der Waals surface area (Å²) < 4.78 is 11.0. The molecule has 0 spiro atoms. The van der Waals surface area contributed by atoms with Crippen LogP contribution in [-0.2, 0) is 27.4 Å². The molecule has 11 heteroatoms. The van der Waals surface area contributed by atoms with Crippen molar-refractivity contribution in [2.24, 2.45) is 5.92 Å². The Balaban J connectivity index is 0. The Hall–Kier alpha value is -1.99. The van der Waals surface area contributed by atoms with E-state index in [-0.39, 0.29) is 76.2 Å². The Bertz CT molecular complexity index is 985. The van der Waals surface area contributed by atoms with Crippen LogP contribution in [0.25, 0.3) is 0 Å². The van der Waals surface area contributed by atoms with Crippen molar-refractivity contribution >= 4 is 18.0 Å². The first-order valence-corrected chi connectivity index (χ1v) is 14.7. The largest absolute Gasteiger partial charge is 1.00 e. The molecule has 1 fully saturated rings. The number of nitrogens with zero attached hydrogens (tertiary/aromatic N) is 1. The predicted octanol–water partition coefficient (Wildman–Crippen LogP) is 0.0611. The van der Waals surface area contributed by atoms with Crippen LogP contribution in [0.4, 0.5) is 4.79 Å². The maximum absolute atomic E-state index is 12.7. The number of amides is 2. The summed E-state index contributed by atoms with van der Waals surface area (Å²) in [5.41, 5.74) is 1.63. The third-order valence-electron chi connectivity index (χ3n) is 6.13. The average Bonchev–Trinajstić information content (AvgIpc) is 3.05. The van der Waals surface area contributed by atoms with Crippen molar-refractivity contribution in [3.8, 4) is 5.75 Å². The molecule has 10 nitrogen and oxygen atoms in total. The van der Waals surface area contributed by atoms with Crippen LogP contribution in [0.3, 0.4) is 0 Å². The third-order valence-corrected chi connectivity index (χ3v) is 6.13. The van der Waals surface area contributed by atoms with Gasteiger partial charge in [-0.25, -0.2) is 4.79 Å². The number of benzene rings is 2. The second-order valence-electron chi connectivity index (χ2n) is 8.84. The van der Waals surface area contributed by atoms with E-state index >= 15 is 0 Å². The van der Waals surface area contributed by atoms with Gasteiger partial charge < -0.3 is 39.8 Å². The van der Waals surface area contributed by atoms with Crippen molar-refractivity contribution in [3.63, 3.8) is 0 Å². The van der Waals surface area contributed by atoms with Crippen molar-refractivity contribution in [2.45, 2.75) is 72.4 Å². The van der Waals surface area contributed by atoms with E-state index in [0.29, 0.717) is 39.1 Å². The summed E-state index contributed by atoms with van der Waals surface area (Å²) in [6.45, 7) is 9.82. The molecular weight excluding hydrogens is 579 g/mol. The minimum Gasteiger partial charge on any atom is -0.548 e. The van der Waals surface area contributed by atoms with Crippen LogP contribution in [0.2, 0.25) is 0 Å². The third kappa shape index (κ3) is 17.8. The number of piperidine rings is 1. The Morgan fingerprint density at radius 2 is 1.53 bits per heavy atom. The molecule has 0 aromatic heterocycles. The number of hydrogen-bond acceptors (Lipinski definition) is 7. The zero-order chi connectivity index (χ0) is 31.8. The zero-order valence-electron chi connectivity index (χ0n) is 26.8. The Morgan fingerprint density at radius 1 is 0.953 bits per heavy atom. The van der Waals surface area contributed by atoms with Crippen molar-refractivity contribution < 1.29 is 90.6 Å². The molecule has 4 N–H and O–H groups in total. The number of carboxylic acid groups (broad SMARTS) is 1. The maximum atomic E-state index is 12.7. The molecule has 0 radical (unpaired) electrons. The molecule has 236 valence electrons. The number of aliphatic hydroxyl groups excluding tert-OH is 1. The van der Waals surface area contributed by atoms with Gasteiger partial charge in [0.2, 0.25) is 5.91 Å². The predicted molar refractivity (Wildman–Crippen MR) is 162 cm³/mol. The Morgan fingerprint density at radius 3 is 2.07 bits per heavy atom. The molecule has 1 unspecified atom stereocenters. The molecule has 1 saturated heterocycles. The molecule has 0 bridgehead atoms. The summed E-state index contributed by atoms with van der Waals surface area (Å²) in [7, 11) is 1.00. The van der Waals surface area contributed by atoms with Crippen molar-refractivity contribution in [1.29, 1.82) is 0 Å². The van der Waals surface area contributed by atoms with E-state index in [4.69, 9.17) is 19.7 Å². The van der Waals surface area contributed by atoms with E-state index in [9.17, 15) is 19.5 Å². The van der Waals surface area contributed by atoms with Gasteiger partial charge in [0.15, 0.2) is 0 Å². The van der Waals surface area contributed by atoms with Gasteiger partial charge in [0, 0.05) is 32.5 Å². The molecular formula is C32H50KN2O8+. The normalized spacial score (nSPS) is 12.7. The molecule has 2 aromatic rings. The van der Waals surface area contributed by atoms with Crippen LogP contribution < -0.4 is 66.5 Å². The molecule has 3 rings (SSSR count). The molecule has 0 aliphatic carbocycles. The van der Waals surface area contributed by atoms with E-state index in [2.05, 4.69) is 5.32 Å². The summed E-state index contributed by atoms with van der Waals surface area (Å²) in [5.74, 6) is -1.30. The molecule has 2 aromatic carbocycles. The van der Waals surface area contributed by atoms with Crippen molar-refractivity contribution in [3.05, 3.63) is 65.7 Å². The minimum absolute atomic E-state index is 0. The van der Waals surface area contributed by atoms with E-state index in [1.54, 1.807) is 17.0 Å². The first-order chi connectivity index (χ1) is 20.5. The fourth-order valence-electron chi connectivity index (χ4n) is 3.99. The number of aliphatic carboxylic acids is 1. The topological polar surface area (TPSA) is 151 Å². The number of nitrogens with one attached hydrogen (secondary N) is 1. The number of rotatable bonds is 12. The number of carboxylic acids is 1. The number of aliphatic hydroxyl groups is 1. The van der Waals surface area contributed by atoms with Crippen LogP contribution >= 0.6 is 0 Å². The van der Waals surface area contributed by atoms with E-state index in [1.165, 1.54) is 0 Å². The molecule has 2 amide bonds. The van der Waals surface area contributed by atoms with Crippen LogP contribution in [0.1, 0.15) is 64.5 Å². The smallest absolute Gasteiger partial charge is 0.548 e. The number of ether oxygens (including phenoxy) is 2. The van der Waals surface area contributed by atoms with E-state index < -0.39 is 18.1 Å². The number of unbranched alkanes of at least 4 members (excludes halogenated alkanes) is 1. The Kier molecular flexibility index (Phi) is 27.6. The average molecular weight is 630 g/mol. The summed E-state index contributed by atoms with van der Waals surface area (Å²) in [5, 5.41) is 28.3. The fourth-order valence-corrected chi connectivity index (χ4v) is 3.99. The SMILES string of the molecule is CC.CC.CO.O=C(NC(Cc1ccccc1)C(=O)[O-])C1CCN(C(=O)OCc2ccc(OCCCC[OH2+])cc2)CC1.[K+]. The van der Waals surface area contributed by atoms with Crippen LogP contribution in [-0.4, -0.2) is 72.5 Å². The van der Waals surface area contributed by atoms with Gasteiger partial charge in [-0.1, -0.05) is 70.2 Å². The molecule has 1 aliphatic heterocycles. The molecule has 0 saturated carbocycles. The van der Waals surface area contributed by atoms with Crippen LogP contribution in [0.5, 0.6) is 5.75 Å². The minimum atomic E-state index is -1.32. The van der Waals surface area contributed by atoms with Gasteiger partial charge in [-0.3, -0.25) is 4.79 Å². The van der Waals surface area contributed by atoms with Crippen molar-refractivity contribution in [1.82, 2.24) is 10.2 Å². The maximum Gasteiger partial charge on any atom is 1.00 e. The number of carbonyl (C=O) groups is 3. The van der Waals surface area contributed by atoms with E-state index in [0.717, 1.165) is 36.8 Å². The molecule has 1 atom stereocenters. The second kappa shape index (κ2) is 27.5. The molecule has 1 heterocycles. The van der Waals surface area contributed by atoms with Crippen molar-refractivity contribution in [2.75, 3.05) is 33.4 Å². The monoisotopic (exact) mass is 629 g/mol. The van der Waals surface area contributed by atoms with Gasteiger partial charge >= 0.3 is 57.5 Å². The molecule has 1 aliphatic rings. The zero-order valence-corrected chi connectivity index (χ0v) is 29.9. The standard InChI is InChI=1S/C27H34N2O7.2C2H6.CH4O.K/c30-16-4-5-17-35-23-10-8-21(9-11-23)19-36-27(34)29-14-12-22(13-15-29)25(31)28-24(26(32)33)18-20-6-2-1-3-7-20;3*1-2;/h1-3,6-11,22,24,30H,4-5,12-19H2,(H,28,31)(H,32,33);2*1-2H3;2H,1H3;/q;;;;+1. The first-order valence-electron chi connectivity index (χ1n) is 14.7. The van der Waals surface area contributed by atoms with Crippen LogP contribution in [0, 0.1) is 5.92 Å². The number of likely N-dealkylation sites (tertiary alicyclic amines) is 1. The van der Waals surface area contributed by atoms with Gasteiger partial charge in [-0.05, 0) is 48.9 Å². The summed E-state index contributed by atoms with van der Waals surface area (Å²) >= 11 is 0. The summed E-state index contributed by atoms with van der Waals surface area (Å²) in [4.78, 5) is 38.2. The first kappa shape index (κ1) is 43.1. The van der Waals surface area contributed by atoms with Gasteiger partial charge in [0.25, 0.3) is 0 Å². The van der Waals surface area contributed by atoms with Gasteiger partial charge in [0.05, 0.1) is 18.6 Å².